The first-order valence-electron chi connectivity index (χ1n) is 8.66. The maximum absolute atomic E-state index is 12.2. The lowest BCUT2D eigenvalue weighted by molar-refractivity contribution is -0.133. The largest absolute Gasteiger partial charge is 0.452 e. The van der Waals surface area contributed by atoms with Crippen molar-refractivity contribution in [3.8, 4) is 0 Å². The van der Waals surface area contributed by atoms with Gasteiger partial charge in [-0.1, -0.05) is 6.07 Å². The molecular weight excluding hydrogens is 380 g/mol. The molecule has 0 radical (unpaired) electrons. The number of nitrogens with one attached hydrogen (secondary N) is 1. The minimum atomic E-state index is -0.648. The van der Waals surface area contributed by atoms with Gasteiger partial charge < -0.3 is 14.4 Å². The van der Waals surface area contributed by atoms with Gasteiger partial charge >= 0.3 is 12.1 Å². The lowest BCUT2D eigenvalue weighted by atomic mass is 10.2. The van der Waals surface area contributed by atoms with E-state index >= 15 is 0 Å². The van der Waals surface area contributed by atoms with E-state index in [-0.39, 0.29) is 18.1 Å². The molecule has 150 valence electrons. The minimum Gasteiger partial charge on any atom is -0.452 e. The summed E-state index contributed by atoms with van der Waals surface area (Å²) >= 11 is 1.55. The summed E-state index contributed by atoms with van der Waals surface area (Å²) in [6.45, 7) is 5.37. The summed E-state index contributed by atoms with van der Waals surface area (Å²) in [5, 5.41) is 6.45. The molecule has 1 N–H and O–H groups in total. The van der Waals surface area contributed by atoms with Crippen LogP contribution in [0.15, 0.2) is 41.1 Å². The summed E-state index contributed by atoms with van der Waals surface area (Å²) in [6, 6.07) is 8.17. The van der Waals surface area contributed by atoms with E-state index in [9.17, 15) is 14.4 Å². The number of thiophene rings is 1. The SMILES string of the molecule is CN(Cc1ccsc1)C(=O)COC(=O)c1cccc(NC(=O)OC(C)(C)C)c1. The van der Waals surface area contributed by atoms with Gasteiger partial charge in [0.05, 0.1) is 5.56 Å². The van der Waals surface area contributed by atoms with Gasteiger partial charge in [0.25, 0.3) is 5.91 Å². The van der Waals surface area contributed by atoms with Crippen LogP contribution in [0, 0.1) is 0 Å². The van der Waals surface area contributed by atoms with Crippen molar-refractivity contribution < 1.29 is 23.9 Å². The molecule has 0 aliphatic carbocycles. The summed E-state index contributed by atoms with van der Waals surface area (Å²) in [5.41, 5.74) is 1.01. The molecule has 1 aromatic carbocycles. The van der Waals surface area contributed by atoms with Gasteiger partial charge in [-0.3, -0.25) is 10.1 Å². The summed E-state index contributed by atoms with van der Waals surface area (Å²) in [6.07, 6.45) is -0.622. The summed E-state index contributed by atoms with van der Waals surface area (Å²) in [4.78, 5) is 37.7. The molecule has 0 aliphatic rings. The van der Waals surface area contributed by atoms with Crippen molar-refractivity contribution in [2.75, 3.05) is 19.0 Å². The van der Waals surface area contributed by atoms with E-state index in [1.54, 1.807) is 57.4 Å². The Morgan fingerprint density at radius 2 is 1.93 bits per heavy atom. The molecule has 0 bridgehead atoms. The fraction of sp³-hybridized carbons (Fsp3) is 0.350. The molecule has 0 atom stereocenters. The van der Waals surface area contributed by atoms with Crippen molar-refractivity contribution >= 4 is 35.0 Å². The van der Waals surface area contributed by atoms with Gasteiger partial charge in [-0.05, 0) is 61.4 Å². The van der Waals surface area contributed by atoms with Crippen LogP contribution in [-0.4, -0.2) is 42.1 Å². The Labute approximate surface area is 168 Å². The number of carbonyl (C=O) groups is 3. The van der Waals surface area contributed by atoms with Crippen LogP contribution < -0.4 is 5.32 Å². The van der Waals surface area contributed by atoms with Gasteiger partial charge in [0.15, 0.2) is 6.61 Å². The van der Waals surface area contributed by atoms with E-state index in [1.807, 2.05) is 16.8 Å². The summed E-state index contributed by atoms with van der Waals surface area (Å²) in [7, 11) is 1.65. The molecule has 0 unspecified atom stereocenters. The number of hydrogen-bond donors (Lipinski definition) is 1. The predicted octanol–water partition coefficient (Wildman–Crippen LogP) is 3.91. The van der Waals surface area contributed by atoms with Gasteiger partial charge in [-0.2, -0.15) is 11.3 Å². The Hall–Kier alpha value is -2.87. The molecule has 8 heteroatoms. The van der Waals surface area contributed by atoms with Gasteiger partial charge in [0, 0.05) is 19.3 Å². The van der Waals surface area contributed by atoms with Gasteiger partial charge in [0.2, 0.25) is 0 Å². The zero-order valence-electron chi connectivity index (χ0n) is 16.4. The van der Waals surface area contributed by atoms with Crippen molar-refractivity contribution in [2.24, 2.45) is 0 Å². The average molecular weight is 404 g/mol. The first-order chi connectivity index (χ1) is 13.1. The van der Waals surface area contributed by atoms with Crippen LogP contribution in [0.1, 0.15) is 36.7 Å². The number of hydrogen-bond acceptors (Lipinski definition) is 6. The van der Waals surface area contributed by atoms with E-state index < -0.39 is 17.7 Å². The Morgan fingerprint density at radius 1 is 1.18 bits per heavy atom. The van der Waals surface area contributed by atoms with E-state index in [0.717, 1.165) is 5.56 Å². The number of nitrogens with zero attached hydrogens (tertiary/aromatic N) is 1. The molecule has 0 saturated carbocycles. The van der Waals surface area contributed by atoms with E-state index in [1.165, 1.54) is 11.0 Å². The zero-order valence-corrected chi connectivity index (χ0v) is 17.2. The molecule has 1 aromatic heterocycles. The number of ether oxygens (including phenoxy) is 2. The second kappa shape index (κ2) is 9.36. The topological polar surface area (TPSA) is 84.9 Å². The molecule has 2 aromatic rings. The lowest BCUT2D eigenvalue weighted by Crippen LogP contribution is -2.30. The normalized spacial score (nSPS) is 10.9. The van der Waals surface area contributed by atoms with Crippen LogP contribution in [0.25, 0.3) is 0 Å². The molecule has 2 amide bonds. The lowest BCUT2D eigenvalue weighted by Gasteiger charge is -2.19. The number of rotatable bonds is 6. The van der Waals surface area contributed by atoms with Crippen molar-refractivity contribution in [2.45, 2.75) is 32.9 Å². The first-order valence-corrected chi connectivity index (χ1v) is 9.60. The maximum atomic E-state index is 12.2. The number of benzene rings is 1. The highest BCUT2D eigenvalue weighted by Crippen LogP contribution is 2.15. The third kappa shape index (κ3) is 7.03. The Bertz CT molecular complexity index is 827. The number of carbonyl (C=O) groups excluding carboxylic acids is 3. The van der Waals surface area contributed by atoms with Crippen LogP contribution >= 0.6 is 11.3 Å². The summed E-state index contributed by atoms with van der Waals surface area (Å²) < 4.78 is 10.3. The molecule has 0 aliphatic heterocycles. The van der Waals surface area contributed by atoms with Crippen molar-refractivity contribution in [1.82, 2.24) is 4.90 Å². The number of amides is 2. The Balaban J connectivity index is 1.88. The van der Waals surface area contributed by atoms with E-state index in [4.69, 9.17) is 9.47 Å². The third-order valence-electron chi connectivity index (χ3n) is 3.50. The van der Waals surface area contributed by atoms with Crippen LogP contribution in [0.2, 0.25) is 0 Å². The Morgan fingerprint density at radius 3 is 2.57 bits per heavy atom. The highest BCUT2D eigenvalue weighted by Gasteiger charge is 2.17. The van der Waals surface area contributed by atoms with Crippen molar-refractivity contribution in [3.63, 3.8) is 0 Å². The quantitative estimate of drug-likeness (QED) is 0.738. The fourth-order valence-corrected chi connectivity index (χ4v) is 2.87. The highest BCUT2D eigenvalue weighted by molar-refractivity contribution is 7.07. The number of anilines is 1. The minimum absolute atomic E-state index is 0.224. The number of likely N-dealkylation sites (N-methyl/N-ethyl adjacent to an activating group) is 1. The molecule has 0 spiro atoms. The van der Waals surface area contributed by atoms with Crippen LogP contribution in [0.3, 0.4) is 0 Å². The molecule has 7 nitrogen and oxygen atoms in total. The van der Waals surface area contributed by atoms with Crippen LogP contribution in [0.5, 0.6) is 0 Å². The van der Waals surface area contributed by atoms with Crippen molar-refractivity contribution in [1.29, 1.82) is 0 Å². The molecule has 0 saturated heterocycles. The van der Waals surface area contributed by atoms with Crippen LogP contribution in [0.4, 0.5) is 10.5 Å². The van der Waals surface area contributed by atoms with Gasteiger partial charge in [-0.15, -0.1) is 0 Å². The standard InChI is InChI=1S/C20H24N2O5S/c1-20(2,3)27-19(25)21-16-7-5-6-15(10-16)18(24)26-12-17(23)22(4)11-14-8-9-28-13-14/h5-10,13H,11-12H2,1-4H3,(H,21,25). The zero-order chi connectivity index (χ0) is 20.7. The smallest absolute Gasteiger partial charge is 0.412 e. The van der Waals surface area contributed by atoms with E-state index in [0.29, 0.717) is 12.2 Å². The fourth-order valence-electron chi connectivity index (χ4n) is 2.21. The average Bonchev–Trinajstić information content (AvgIpc) is 3.10. The second-order valence-corrected chi connectivity index (χ2v) is 7.95. The maximum Gasteiger partial charge on any atom is 0.412 e. The monoisotopic (exact) mass is 404 g/mol. The third-order valence-corrected chi connectivity index (χ3v) is 4.23. The number of esters is 1. The summed E-state index contributed by atoms with van der Waals surface area (Å²) in [5.74, 6) is -0.951. The highest BCUT2D eigenvalue weighted by atomic mass is 32.1. The Kier molecular flexibility index (Phi) is 7.17. The molecule has 1 heterocycles. The van der Waals surface area contributed by atoms with Gasteiger partial charge in [-0.25, -0.2) is 9.59 Å². The van der Waals surface area contributed by atoms with Gasteiger partial charge in [0.1, 0.15) is 5.60 Å². The first kappa shape index (κ1) is 21.4. The second-order valence-electron chi connectivity index (χ2n) is 7.17. The molecular formula is C20H24N2O5S. The molecule has 0 fully saturated rings. The predicted molar refractivity (Wildman–Crippen MR) is 107 cm³/mol. The van der Waals surface area contributed by atoms with Crippen LogP contribution in [-0.2, 0) is 20.8 Å². The molecule has 28 heavy (non-hydrogen) atoms. The van der Waals surface area contributed by atoms with E-state index in [2.05, 4.69) is 5.32 Å². The van der Waals surface area contributed by atoms with Crippen molar-refractivity contribution in [3.05, 3.63) is 52.2 Å². The molecule has 2 rings (SSSR count).